The zero-order valence-electron chi connectivity index (χ0n) is 14.3. The lowest BCUT2D eigenvalue weighted by Gasteiger charge is -2.43. The maximum absolute atomic E-state index is 12.2. The minimum absolute atomic E-state index is 0.0950. The van der Waals surface area contributed by atoms with Crippen molar-refractivity contribution in [3.8, 4) is 0 Å². The van der Waals surface area contributed by atoms with E-state index in [2.05, 4.69) is 16.3 Å². The Labute approximate surface area is 152 Å². The van der Waals surface area contributed by atoms with Gasteiger partial charge < -0.3 is 19.7 Å². The summed E-state index contributed by atoms with van der Waals surface area (Å²) in [7, 11) is 0. The van der Waals surface area contributed by atoms with Crippen LogP contribution in [-0.2, 0) is 11.3 Å². The fraction of sp³-hybridized carbons (Fsp3) is 0.611. The number of aromatic nitrogens is 1. The lowest BCUT2D eigenvalue weighted by atomic mass is 9.83. The van der Waals surface area contributed by atoms with E-state index in [9.17, 15) is 9.59 Å². The third kappa shape index (κ3) is 3.29. The monoisotopic (exact) mass is 360 g/mol. The van der Waals surface area contributed by atoms with Crippen LogP contribution in [0.15, 0.2) is 23.0 Å². The van der Waals surface area contributed by atoms with Crippen LogP contribution >= 0.6 is 12.2 Å². The van der Waals surface area contributed by atoms with Crippen molar-refractivity contribution in [2.75, 3.05) is 32.7 Å². The fourth-order valence-electron chi connectivity index (χ4n) is 4.40. The Morgan fingerprint density at radius 2 is 1.96 bits per heavy atom. The molecule has 6 nitrogen and oxygen atoms in total. The van der Waals surface area contributed by atoms with Crippen LogP contribution in [0.3, 0.4) is 0 Å². The van der Waals surface area contributed by atoms with Gasteiger partial charge in [-0.25, -0.2) is 0 Å². The van der Waals surface area contributed by atoms with E-state index in [4.69, 9.17) is 12.2 Å². The van der Waals surface area contributed by atoms with E-state index in [0.717, 1.165) is 57.7 Å². The largest absolute Gasteiger partial charge is 0.353 e. The molecule has 0 saturated carbocycles. The minimum Gasteiger partial charge on any atom is -0.353 e. The fourth-order valence-corrected chi connectivity index (χ4v) is 4.62. The van der Waals surface area contributed by atoms with Gasteiger partial charge in [0.15, 0.2) is 5.11 Å². The van der Waals surface area contributed by atoms with E-state index >= 15 is 0 Å². The molecule has 134 valence electrons. The summed E-state index contributed by atoms with van der Waals surface area (Å²) in [5.74, 6) is 0.893. The second kappa shape index (κ2) is 6.78. The first-order valence-electron chi connectivity index (χ1n) is 9.12. The van der Waals surface area contributed by atoms with Gasteiger partial charge in [-0.05, 0) is 43.5 Å². The predicted molar refractivity (Wildman–Crippen MR) is 99.5 cm³/mol. The number of pyridine rings is 1. The topological polar surface area (TPSA) is 57.6 Å². The summed E-state index contributed by atoms with van der Waals surface area (Å²) in [6.45, 7) is 4.43. The van der Waals surface area contributed by atoms with E-state index in [1.165, 1.54) is 0 Å². The quantitative estimate of drug-likeness (QED) is 0.790. The second-order valence-electron chi connectivity index (χ2n) is 7.35. The Morgan fingerprint density at radius 3 is 2.76 bits per heavy atom. The first kappa shape index (κ1) is 16.6. The SMILES string of the molecule is O=C(CNC(=S)N1CC2CC(C1)c1cccc(=O)n1C2)N1CCCC1. The van der Waals surface area contributed by atoms with Crippen molar-refractivity contribution in [2.24, 2.45) is 5.92 Å². The Hall–Kier alpha value is -1.89. The highest BCUT2D eigenvalue weighted by Crippen LogP contribution is 2.34. The molecule has 2 fully saturated rings. The van der Waals surface area contributed by atoms with Crippen molar-refractivity contribution in [3.05, 3.63) is 34.2 Å². The van der Waals surface area contributed by atoms with Gasteiger partial charge in [-0.2, -0.15) is 0 Å². The van der Waals surface area contributed by atoms with Gasteiger partial charge in [0.2, 0.25) is 5.91 Å². The highest BCUT2D eigenvalue weighted by molar-refractivity contribution is 7.80. The molecule has 0 radical (unpaired) electrons. The number of nitrogens with one attached hydrogen (secondary N) is 1. The number of hydrogen-bond donors (Lipinski definition) is 1. The van der Waals surface area contributed by atoms with Gasteiger partial charge in [-0.1, -0.05) is 6.07 Å². The molecule has 2 bridgehead atoms. The average molecular weight is 360 g/mol. The summed E-state index contributed by atoms with van der Waals surface area (Å²) < 4.78 is 1.92. The van der Waals surface area contributed by atoms with Gasteiger partial charge >= 0.3 is 0 Å². The standard InChI is InChI=1S/C18H24N4O2S/c23-16-5-3-4-15-14-8-13(11-22(15)16)10-21(12-14)18(25)19-9-17(24)20-6-1-2-7-20/h3-5,13-14H,1-2,6-12H2,(H,19,25). The molecule has 0 aliphatic carbocycles. The van der Waals surface area contributed by atoms with E-state index in [1.54, 1.807) is 6.07 Å². The van der Waals surface area contributed by atoms with Crippen LogP contribution in [0.1, 0.15) is 30.9 Å². The molecule has 4 heterocycles. The van der Waals surface area contributed by atoms with Crippen molar-refractivity contribution in [1.29, 1.82) is 0 Å². The van der Waals surface area contributed by atoms with Crippen LogP contribution in [0.2, 0.25) is 0 Å². The molecule has 3 aliphatic heterocycles. The Bertz CT molecular complexity index is 741. The molecule has 1 N–H and O–H groups in total. The lowest BCUT2D eigenvalue weighted by Crippen LogP contribution is -2.53. The van der Waals surface area contributed by atoms with Gasteiger partial charge in [-0.15, -0.1) is 0 Å². The average Bonchev–Trinajstić information content (AvgIpc) is 3.15. The van der Waals surface area contributed by atoms with Gasteiger partial charge in [0.1, 0.15) is 0 Å². The molecule has 2 saturated heterocycles. The Balaban J connectivity index is 1.39. The van der Waals surface area contributed by atoms with Crippen molar-refractivity contribution in [3.63, 3.8) is 0 Å². The molecular formula is C18H24N4O2S. The van der Waals surface area contributed by atoms with Crippen LogP contribution in [0.5, 0.6) is 0 Å². The maximum atomic E-state index is 12.2. The zero-order valence-corrected chi connectivity index (χ0v) is 15.1. The van der Waals surface area contributed by atoms with E-state index in [0.29, 0.717) is 16.9 Å². The lowest BCUT2D eigenvalue weighted by molar-refractivity contribution is -0.128. The number of thiocarbonyl (C=S) groups is 1. The third-order valence-corrected chi connectivity index (χ3v) is 6.02. The van der Waals surface area contributed by atoms with Crippen LogP contribution in [0.4, 0.5) is 0 Å². The number of likely N-dealkylation sites (tertiary alicyclic amines) is 2. The van der Waals surface area contributed by atoms with E-state index in [-0.39, 0.29) is 18.0 Å². The van der Waals surface area contributed by atoms with Crippen molar-refractivity contribution >= 4 is 23.2 Å². The number of carbonyl (C=O) groups excluding carboxylic acids is 1. The van der Waals surface area contributed by atoms with Crippen LogP contribution in [0.25, 0.3) is 0 Å². The van der Waals surface area contributed by atoms with Crippen molar-refractivity contribution in [2.45, 2.75) is 31.7 Å². The number of carbonyl (C=O) groups is 1. The van der Waals surface area contributed by atoms with Gasteiger partial charge in [0, 0.05) is 50.4 Å². The minimum atomic E-state index is 0.0950. The van der Waals surface area contributed by atoms with Gasteiger partial charge in [0.05, 0.1) is 6.54 Å². The van der Waals surface area contributed by atoms with Crippen LogP contribution in [0, 0.1) is 5.92 Å². The molecule has 2 unspecified atom stereocenters. The predicted octanol–water partition coefficient (Wildman–Crippen LogP) is 0.764. The van der Waals surface area contributed by atoms with E-state index < -0.39 is 0 Å². The molecule has 7 heteroatoms. The molecule has 25 heavy (non-hydrogen) atoms. The van der Waals surface area contributed by atoms with Gasteiger partial charge in [-0.3, -0.25) is 9.59 Å². The van der Waals surface area contributed by atoms with E-state index in [1.807, 2.05) is 15.5 Å². The maximum Gasteiger partial charge on any atom is 0.250 e. The molecular weight excluding hydrogens is 336 g/mol. The summed E-state index contributed by atoms with van der Waals surface area (Å²) in [6.07, 6.45) is 3.31. The highest BCUT2D eigenvalue weighted by atomic mass is 32.1. The van der Waals surface area contributed by atoms with Crippen molar-refractivity contribution in [1.82, 2.24) is 19.7 Å². The summed E-state index contributed by atoms with van der Waals surface area (Å²) in [6, 6.07) is 5.54. The molecule has 0 spiro atoms. The molecule has 0 aromatic carbocycles. The first-order valence-corrected chi connectivity index (χ1v) is 9.53. The van der Waals surface area contributed by atoms with Crippen LogP contribution < -0.4 is 10.9 Å². The number of piperidine rings is 1. The molecule has 1 aromatic heterocycles. The highest BCUT2D eigenvalue weighted by Gasteiger charge is 2.35. The number of amides is 1. The zero-order chi connectivity index (χ0) is 17.4. The molecule has 3 aliphatic rings. The Morgan fingerprint density at radius 1 is 1.16 bits per heavy atom. The normalized spacial score (nSPS) is 24.8. The number of nitrogens with zero attached hydrogens (tertiary/aromatic N) is 3. The number of fused-ring (bicyclic) bond motifs is 4. The van der Waals surface area contributed by atoms with Crippen molar-refractivity contribution < 1.29 is 4.79 Å². The number of hydrogen-bond acceptors (Lipinski definition) is 3. The summed E-state index contributed by atoms with van der Waals surface area (Å²) in [4.78, 5) is 28.3. The number of rotatable bonds is 2. The summed E-state index contributed by atoms with van der Waals surface area (Å²) in [5, 5.41) is 3.81. The Kier molecular flexibility index (Phi) is 4.50. The first-order chi connectivity index (χ1) is 12.1. The summed E-state index contributed by atoms with van der Waals surface area (Å²) in [5.41, 5.74) is 1.21. The summed E-state index contributed by atoms with van der Waals surface area (Å²) >= 11 is 5.54. The van der Waals surface area contributed by atoms with Gasteiger partial charge in [0.25, 0.3) is 5.56 Å². The van der Waals surface area contributed by atoms with Crippen LogP contribution in [-0.4, -0.2) is 58.1 Å². The third-order valence-electron chi connectivity index (χ3n) is 5.62. The molecule has 4 rings (SSSR count). The smallest absolute Gasteiger partial charge is 0.250 e. The molecule has 2 atom stereocenters. The second-order valence-corrected chi connectivity index (χ2v) is 7.74. The molecule has 1 aromatic rings. The molecule has 1 amide bonds.